The number of H-pyrrole nitrogens is 1. The van der Waals surface area contributed by atoms with Gasteiger partial charge in [0.1, 0.15) is 0 Å². The van der Waals surface area contributed by atoms with Crippen molar-refractivity contribution in [3.63, 3.8) is 0 Å². The van der Waals surface area contributed by atoms with Gasteiger partial charge >= 0.3 is 5.69 Å². The molecule has 1 aliphatic rings. The van der Waals surface area contributed by atoms with E-state index < -0.39 is 0 Å². The van der Waals surface area contributed by atoms with Gasteiger partial charge in [-0.3, -0.25) is 4.57 Å². The van der Waals surface area contributed by atoms with Crippen molar-refractivity contribution in [2.45, 2.75) is 32.7 Å². The minimum Gasteiger partial charge on any atom is -0.348 e. The lowest BCUT2D eigenvalue weighted by molar-refractivity contribution is 0.598. The fourth-order valence-electron chi connectivity index (χ4n) is 3.32. The molecule has 1 saturated heterocycles. The van der Waals surface area contributed by atoms with Crippen molar-refractivity contribution < 1.29 is 0 Å². The molecule has 6 heteroatoms. The average molecular weight is 328 g/mol. The normalized spacial score (nSPS) is 15.2. The molecule has 0 amide bonds. The number of thiazole rings is 1. The van der Waals surface area contributed by atoms with E-state index in [1.807, 2.05) is 32.0 Å². The Hall–Kier alpha value is -2.08. The van der Waals surface area contributed by atoms with Crippen LogP contribution in [0.4, 0.5) is 5.13 Å². The zero-order chi connectivity index (χ0) is 16.0. The van der Waals surface area contributed by atoms with Gasteiger partial charge in [0, 0.05) is 30.1 Å². The van der Waals surface area contributed by atoms with Crippen molar-refractivity contribution in [3.05, 3.63) is 34.1 Å². The summed E-state index contributed by atoms with van der Waals surface area (Å²) in [5.74, 6) is 0. The zero-order valence-electron chi connectivity index (χ0n) is 13.4. The molecule has 23 heavy (non-hydrogen) atoms. The van der Waals surface area contributed by atoms with E-state index >= 15 is 0 Å². The lowest BCUT2D eigenvalue weighted by Crippen LogP contribution is -2.18. The topological polar surface area (TPSA) is 53.9 Å². The molecule has 1 aliphatic heterocycles. The van der Waals surface area contributed by atoms with E-state index in [9.17, 15) is 4.79 Å². The highest BCUT2D eigenvalue weighted by molar-refractivity contribution is 7.14. The Balaban J connectivity index is 1.83. The first kappa shape index (κ1) is 14.5. The highest BCUT2D eigenvalue weighted by Crippen LogP contribution is 2.32. The van der Waals surface area contributed by atoms with Gasteiger partial charge in [-0.1, -0.05) is 12.1 Å². The van der Waals surface area contributed by atoms with Gasteiger partial charge in [0.25, 0.3) is 0 Å². The molecule has 0 aliphatic carbocycles. The van der Waals surface area contributed by atoms with Crippen LogP contribution in [-0.4, -0.2) is 27.6 Å². The number of fused-ring (bicyclic) bond motifs is 1. The molecule has 1 aromatic carbocycles. The summed E-state index contributed by atoms with van der Waals surface area (Å²) in [5.41, 5.74) is 3.71. The van der Waals surface area contributed by atoms with Gasteiger partial charge in [-0.15, -0.1) is 11.3 Å². The molecule has 0 spiro atoms. The molecular formula is C17H20N4OS. The molecule has 0 unspecified atom stereocenters. The van der Waals surface area contributed by atoms with Crippen LogP contribution in [0.1, 0.15) is 32.7 Å². The Labute approximate surface area is 138 Å². The molecule has 5 nitrogen and oxygen atoms in total. The second-order valence-corrected chi connectivity index (χ2v) is 7.14. The summed E-state index contributed by atoms with van der Waals surface area (Å²) in [6, 6.07) is 6.15. The van der Waals surface area contributed by atoms with Gasteiger partial charge < -0.3 is 9.88 Å². The van der Waals surface area contributed by atoms with Crippen LogP contribution in [-0.2, 0) is 0 Å². The van der Waals surface area contributed by atoms with E-state index in [2.05, 4.69) is 15.3 Å². The number of para-hydroxylation sites is 1. The maximum atomic E-state index is 12.3. The van der Waals surface area contributed by atoms with Crippen LogP contribution in [0.15, 0.2) is 28.4 Å². The molecule has 3 heterocycles. The number of aromatic nitrogens is 3. The summed E-state index contributed by atoms with van der Waals surface area (Å²) in [6.45, 7) is 6.24. The van der Waals surface area contributed by atoms with Crippen molar-refractivity contribution in [2.75, 3.05) is 18.0 Å². The first-order valence-electron chi connectivity index (χ1n) is 8.09. The van der Waals surface area contributed by atoms with Crippen LogP contribution in [0.2, 0.25) is 0 Å². The number of nitrogens with zero attached hydrogens (tertiary/aromatic N) is 3. The Kier molecular flexibility index (Phi) is 3.49. The molecular weight excluding hydrogens is 308 g/mol. The van der Waals surface area contributed by atoms with Crippen molar-refractivity contribution in [1.82, 2.24) is 14.5 Å². The van der Waals surface area contributed by atoms with E-state index in [0.717, 1.165) is 40.5 Å². The maximum absolute atomic E-state index is 12.3. The monoisotopic (exact) mass is 328 g/mol. The van der Waals surface area contributed by atoms with E-state index in [1.54, 1.807) is 15.9 Å². The second kappa shape index (κ2) is 5.53. The van der Waals surface area contributed by atoms with Crippen molar-refractivity contribution in [3.8, 4) is 11.3 Å². The minimum atomic E-state index is -0.0579. The third kappa shape index (κ3) is 2.37. The smallest absolute Gasteiger partial charge is 0.326 e. The predicted molar refractivity (Wildman–Crippen MR) is 95.5 cm³/mol. The van der Waals surface area contributed by atoms with Crippen LogP contribution in [0.5, 0.6) is 0 Å². The Morgan fingerprint density at radius 3 is 2.78 bits per heavy atom. The van der Waals surface area contributed by atoms with E-state index in [0.29, 0.717) is 0 Å². The van der Waals surface area contributed by atoms with Gasteiger partial charge in [-0.2, -0.15) is 0 Å². The molecule has 3 aromatic rings. The van der Waals surface area contributed by atoms with Crippen LogP contribution in [0.25, 0.3) is 22.3 Å². The number of rotatable bonds is 3. The van der Waals surface area contributed by atoms with Gasteiger partial charge in [0.05, 0.1) is 16.7 Å². The molecule has 4 rings (SSSR count). The van der Waals surface area contributed by atoms with Gasteiger partial charge in [-0.25, -0.2) is 9.78 Å². The summed E-state index contributed by atoms with van der Waals surface area (Å²) in [6.07, 6.45) is 2.49. The Bertz CT molecular complexity index is 899. The van der Waals surface area contributed by atoms with Gasteiger partial charge in [-0.05, 0) is 32.8 Å². The standard InChI is InChI=1S/C17H20N4OS/c1-11(2)21-14-7-5-6-12(15(14)19-16(21)22)13-10-23-17(18-13)20-8-3-4-9-20/h5-7,10-11H,3-4,8-9H2,1-2H3,(H,19,22). The maximum Gasteiger partial charge on any atom is 0.326 e. The van der Waals surface area contributed by atoms with Crippen LogP contribution in [0, 0.1) is 0 Å². The zero-order valence-corrected chi connectivity index (χ0v) is 14.2. The molecule has 0 saturated carbocycles. The minimum absolute atomic E-state index is 0.0579. The summed E-state index contributed by atoms with van der Waals surface area (Å²) < 4.78 is 1.80. The Morgan fingerprint density at radius 2 is 2.04 bits per heavy atom. The van der Waals surface area contributed by atoms with E-state index in [1.165, 1.54) is 12.8 Å². The Morgan fingerprint density at radius 1 is 1.26 bits per heavy atom. The molecule has 1 N–H and O–H groups in total. The molecule has 120 valence electrons. The summed E-state index contributed by atoms with van der Waals surface area (Å²) in [5, 5.41) is 3.17. The number of hydrogen-bond acceptors (Lipinski definition) is 4. The largest absolute Gasteiger partial charge is 0.348 e. The van der Waals surface area contributed by atoms with Crippen LogP contribution < -0.4 is 10.6 Å². The second-order valence-electron chi connectivity index (χ2n) is 6.30. The fraction of sp³-hybridized carbons (Fsp3) is 0.412. The first-order chi connectivity index (χ1) is 11.1. The van der Waals surface area contributed by atoms with Crippen molar-refractivity contribution in [2.24, 2.45) is 0 Å². The lowest BCUT2D eigenvalue weighted by atomic mass is 10.1. The molecule has 0 radical (unpaired) electrons. The molecule has 0 bridgehead atoms. The fourth-order valence-corrected chi connectivity index (χ4v) is 4.20. The third-order valence-corrected chi connectivity index (χ3v) is 5.32. The SMILES string of the molecule is CC(C)n1c(=O)[nH]c2c(-c3csc(N4CCCC4)n3)cccc21. The predicted octanol–water partition coefficient (Wildman–Crippen LogP) is 3.63. The highest BCUT2D eigenvalue weighted by atomic mass is 32.1. The summed E-state index contributed by atoms with van der Waals surface area (Å²) >= 11 is 1.68. The van der Waals surface area contributed by atoms with Crippen molar-refractivity contribution >= 4 is 27.5 Å². The number of anilines is 1. The molecule has 2 aromatic heterocycles. The molecule has 0 atom stereocenters. The molecule has 1 fully saturated rings. The first-order valence-corrected chi connectivity index (χ1v) is 8.97. The summed E-state index contributed by atoms with van der Waals surface area (Å²) in [4.78, 5) is 22.4. The van der Waals surface area contributed by atoms with Crippen LogP contribution in [0.3, 0.4) is 0 Å². The third-order valence-electron chi connectivity index (χ3n) is 4.41. The lowest BCUT2D eigenvalue weighted by Gasteiger charge is -2.12. The van der Waals surface area contributed by atoms with Crippen molar-refractivity contribution in [1.29, 1.82) is 0 Å². The average Bonchev–Trinajstić information content (AvgIpc) is 3.24. The van der Waals surface area contributed by atoms with E-state index in [4.69, 9.17) is 4.98 Å². The number of nitrogens with one attached hydrogen (secondary N) is 1. The van der Waals surface area contributed by atoms with Gasteiger partial charge in [0.15, 0.2) is 5.13 Å². The number of benzene rings is 1. The quantitative estimate of drug-likeness (QED) is 0.799. The van der Waals surface area contributed by atoms with Gasteiger partial charge in [0.2, 0.25) is 0 Å². The number of hydrogen-bond donors (Lipinski definition) is 1. The number of aromatic amines is 1. The van der Waals surface area contributed by atoms with E-state index in [-0.39, 0.29) is 11.7 Å². The van der Waals surface area contributed by atoms with Crippen LogP contribution >= 0.6 is 11.3 Å². The highest BCUT2D eigenvalue weighted by Gasteiger charge is 2.18. The summed E-state index contributed by atoms with van der Waals surface area (Å²) in [7, 11) is 0. The number of imidazole rings is 1.